The molecule has 53 heavy (non-hydrogen) atoms. The van der Waals surface area contributed by atoms with Crippen molar-refractivity contribution in [2.75, 3.05) is 20.3 Å². The summed E-state index contributed by atoms with van der Waals surface area (Å²) < 4.78 is 42.6. The quantitative estimate of drug-likeness (QED) is 0.0936. The number of nitrogens with one attached hydrogen (secondary N) is 2. The first-order valence-corrected chi connectivity index (χ1v) is 17.5. The molecule has 0 saturated heterocycles. The van der Waals surface area contributed by atoms with Crippen LogP contribution in [0.1, 0.15) is 23.1 Å². The highest BCUT2D eigenvalue weighted by molar-refractivity contribution is 7.92. The minimum absolute atomic E-state index is 0. The Morgan fingerprint density at radius 3 is 2.00 bits per heavy atom. The van der Waals surface area contributed by atoms with Crippen molar-refractivity contribution in [2.24, 2.45) is 11.7 Å². The van der Waals surface area contributed by atoms with E-state index in [1.807, 2.05) is 0 Å². The van der Waals surface area contributed by atoms with Gasteiger partial charge >= 0.3 is 0 Å². The van der Waals surface area contributed by atoms with E-state index in [0.717, 1.165) is 5.56 Å². The monoisotopic (exact) mass is 778 g/mol. The number of para-hydroxylation sites is 2. The third-order valence-electron chi connectivity index (χ3n) is 8.49. The number of sulfonamides is 1. The molecule has 3 amide bonds. The zero-order valence-electron chi connectivity index (χ0n) is 28.1. The predicted molar refractivity (Wildman–Crippen MR) is 208 cm³/mol. The van der Waals surface area contributed by atoms with Gasteiger partial charge < -0.3 is 21.7 Å². The molecule has 0 bridgehead atoms. The van der Waals surface area contributed by atoms with Crippen molar-refractivity contribution in [3.05, 3.63) is 144 Å². The Balaban J connectivity index is 0.00000314. The van der Waals surface area contributed by atoms with Crippen molar-refractivity contribution >= 4 is 81.0 Å². The maximum atomic E-state index is 14.4. The number of benzene rings is 5. The van der Waals surface area contributed by atoms with Gasteiger partial charge in [0.15, 0.2) is 0 Å². The number of rotatable bonds is 11. The zero-order valence-corrected chi connectivity index (χ0v) is 30.6. The number of halogens is 3. The molecule has 276 valence electrons. The van der Waals surface area contributed by atoms with Gasteiger partial charge in [-0.05, 0) is 77.9 Å². The van der Waals surface area contributed by atoms with E-state index in [2.05, 4.69) is 10.0 Å². The first-order valence-electron chi connectivity index (χ1n) is 16.0. The summed E-state index contributed by atoms with van der Waals surface area (Å²) in [4.78, 5) is 45.0. The molecule has 6 rings (SSSR count). The van der Waals surface area contributed by atoms with Crippen LogP contribution in [-0.2, 0) is 44.0 Å². The Morgan fingerprint density at radius 2 is 1.36 bits per heavy atom. The molecule has 1 aliphatic rings. The van der Waals surface area contributed by atoms with Gasteiger partial charge in [0.2, 0.25) is 17.7 Å². The van der Waals surface area contributed by atoms with Crippen molar-refractivity contribution < 1.29 is 27.2 Å². The van der Waals surface area contributed by atoms with Crippen molar-refractivity contribution in [2.45, 2.75) is 31.0 Å². The van der Waals surface area contributed by atoms with Gasteiger partial charge in [-0.25, -0.2) is 12.8 Å². The van der Waals surface area contributed by atoms with Gasteiger partial charge in [-0.3, -0.25) is 24.0 Å². The van der Waals surface area contributed by atoms with Gasteiger partial charge in [-0.15, -0.1) is 24.8 Å². The van der Waals surface area contributed by atoms with Crippen molar-refractivity contribution in [3.8, 4) is 0 Å². The van der Waals surface area contributed by atoms with Crippen LogP contribution < -0.4 is 31.3 Å². The molecule has 0 aromatic heterocycles. The number of hydrogen-bond donors (Lipinski definition) is 4. The number of anilines is 5. The lowest BCUT2D eigenvalue weighted by atomic mass is 10.0. The van der Waals surface area contributed by atoms with Crippen molar-refractivity contribution in [3.63, 3.8) is 0 Å². The Bertz CT molecular complexity index is 2190. The molecule has 1 atom stereocenters. The number of hydrogen-bond acceptors (Lipinski definition) is 7. The molecule has 11 nitrogen and oxygen atoms in total. The predicted octanol–water partition coefficient (Wildman–Crippen LogP) is 6.05. The number of carbonyl (C=O) groups excluding carboxylic acids is 3. The first-order chi connectivity index (χ1) is 24.5. The lowest BCUT2D eigenvalue weighted by molar-refractivity contribution is -0.136. The average Bonchev–Trinajstić information content (AvgIpc) is 3.21. The smallest absolute Gasteiger partial charge is 0.261 e. The number of nitrogen functional groups attached to an aromatic ring is 1. The van der Waals surface area contributed by atoms with Crippen LogP contribution in [0.3, 0.4) is 0 Å². The van der Waals surface area contributed by atoms with E-state index < -0.39 is 45.9 Å². The van der Waals surface area contributed by atoms with Crippen LogP contribution in [0.15, 0.2) is 126 Å². The summed E-state index contributed by atoms with van der Waals surface area (Å²) in [6.07, 6.45) is -0.486. The molecular weight excluding hydrogens is 742 g/mol. The molecule has 1 unspecified atom stereocenters. The van der Waals surface area contributed by atoms with Crippen LogP contribution in [0.4, 0.5) is 32.8 Å². The molecule has 5 aromatic rings. The summed E-state index contributed by atoms with van der Waals surface area (Å²) in [6, 6.07) is 32.3. The summed E-state index contributed by atoms with van der Waals surface area (Å²) in [7, 11) is -3.89. The Kier molecular flexibility index (Phi) is 13.2. The van der Waals surface area contributed by atoms with Crippen LogP contribution in [0.25, 0.3) is 0 Å². The van der Waals surface area contributed by atoms with E-state index >= 15 is 0 Å². The van der Waals surface area contributed by atoms with Crippen molar-refractivity contribution in [1.82, 2.24) is 5.32 Å². The molecular formula is C38H37Cl2FN6O5S. The number of carbonyl (C=O) groups is 3. The van der Waals surface area contributed by atoms with Crippen LogP contribution >= 0.6 is 24.8 Å². The summed E-state index contributed by atoms with van der Waals surface area (Å²) in [5.74, 6) is -3.74. The van der Waals surface area contributed by atoms with Gasteiger partial charge in [0.05, 0.1) is 22.8 Å². The highest BCUT2D eigenvalue weighted by atomic mass is 35.5. The minimum Gasteiger partial charge on any atom is -0.399 e. The fourth-order valence-corrected chi connectivity index (χ4v) is 6.83. The van der Waals surface area contributed by atoms with Crippen LogP contribution in [-0.4, -0.2) is 26.1 Å². The molecule has 5 aromatic carbocycles. The van der Waals surface area contributed by atoms with Gasteiger partial charge in [0.25, 0.3) is 10.0 Å². The van der Waals surface area contributed by atoms with E-state index in [4.69, 9.17) is 11.5 Å². The van der Waals surface area contributed by atoms with Crippen LogP contribution in [0, 0.1) is 11.7 Å². The lowest BCUT2D eigenvalue weighted by Gasteiger charge is -2.26. The topological polar surface area (TPSA) is 168 Å². The minimum atomic E-state index is -3.89. The van der Waals surface area contributed by atoms with Crippen LogP contribution in [0.2, 0.25) is 0 Å². The fourth-order valence-electron chi connectivity index (χ4n) is 5.77. The molecule has 15 heteroatoms. The molecule has 1 aliphatic heterocycles. The molecule has 6 N–H and O–H groups in total. The second-order valence-corrected chi connectivity index (χ2v) is 13.6. The largest absolute Gasteiger partial charge is 0.399 e. The Labute approximate surface area is 319 Å². The van der Waals surface area contributed by atoms with E-state index in [9.17, 15) is 27.2 Å². The Hall–Kier alpha value is -5.47. The van der Waals surface area contributed by atoms with Gasteiger partial charge in [0.1, 0.15) is 11.7 Å². The molecule has 1 heterocycles. The highest BCUT2D eigenvalue weighted by Crippen LogP contribution is 2.40. The van der Waals surface area contributed by atoms with E-state index in [1.54, 1.807) is 78.9 Å². The molecule has 0 fully saturated rings. The van der Waals surface area contributed by atoms with Gasteiger partial charge in [-0.1, -0.05) is 54.6 Å². The molecule has 0 aliphatic carbocycles. The van der Waals surface area contributed by atoms with Crippen molar-refractivity contribution in [1.29, 1.82) is 0 Å². The average molecular weight is 780 g/mol. The van der Waals surface area contributed by atoms with E-state index in [0.29, 0.717) is 40.5 Å². The summed E-state index contributed by atoms with van der Waals surface area (Å²) in [5, 5.41) is 2.65. The number of nitrogens with two attached hydrogens (primary N) is 2. The fraction of sp³-hybridized carbons (Fsp3) is 0.132. The second-order valence-electron chi connectivity index (χ2n) is 12.0. The standard InChI is InChI=1S/C38H35FN6O5S.2ClH/c39-33-6-2-1-5-27(33)23-42-36(46)21-32-37(47)44(24-26-9-15-29(16-10-26)43-51(49,50)31-19-13-28(41)14-20-31)34-7-3-4-8-35(34)45(38(32)48)30-17-11-25(22-40)12-18-30;;/h1-20,32,43H,21-24,40-41H2,(H,42,46);2*1H. The highest BCUT2D eigenvalue weighted by Gasteiger charge is 2.42. The first kappa shape index (κ1) is 40.3. The molecule has 0 spiro atoms. The second kappa shape index (κ2) is 17.4. The number of amides is 3. The third kappa shape index (κ3) is 9.13. The SMILES string of the molecule is Cl.Cl.NCc1ccc(N2C(=O)C(CC(=O)NCc3ccccc3F)C(=O)N(Cc3ccc(NS(=O)(=O)c4ccc(N)cc4)cc3)c3ccccc32)cc1. The summed E-state index contributed by atoms with van der Waals surface area (Å²) >= 11 is 0. The number of fused-ring (bicyclic) bond motifs is 1. The number of nitrogens with zero attached hydrogens (tertiary/aromatic N) is 2. The maximum Gasteiger partial charge on any atom is 0.261 e. The molecule has 0 saturated carbocycles. The Morgan fingerprint density at radius 1 is 0.755 bits per heavy atom. The van der Waals surface area contributed by atoms with E-state index in [-0.39, 0.29) is 48.4 Å². The normalized spacial score (nSPS) is 14.0. The van der Waals surface area contributed by atoms with Gasteiger partial charge in [0, 0.05) is 42.1 Å². The molecule has 0 radical (unpaired) electrons. The summed E-state index contributed by atoms with van der Waals surface area (Å²) in [5.41, 5.74) is 15.3. The van der Waals surface area contributed by atoms with E-state index in [1.165, 1.54) is 52.3 Å². The third-order valence-corrected chi connectivity index (χ3v) is 9.88. The van der Waals surface area contributed by atoms with Gasteiger partial charge in [-0.2, -0.15) is 0 Å². The lowest BCUT2D eigenvalue weighted by Crippen LogP contribution is -2.43. The zero-order chi connectivity index (χ0) is 36.1. The van der Waals surface area contributed by atoms with Crippen LogP contribution in [0.5, 0.6) is 0 Å². The summed E-state index contributed by atoms with van der Waals surface area (Å²) in [6.45, 7) is 0.175. The maximum absolute atomic E-state index is 14.4.